The number of hydrogen-bond acceptors (Lipinski definition) is 3. The number of anilines is 1. The molecule has 1 heterocycles. The Balaban J connectivity index is 2.09. The maximum Gasteiger partial charge on any atom is 0.269 e. The van der Waals surface area contributed by atoms with Gasteiger partial charge in [-0.2, -0.15) is 5.10 Å². The quantitative estimate of drug-likeness (QED) is 0.910. The fourth-order valence-electron chi connectivity index (χ4n) is 1.71. The van der Waals surface area contributed by atoms with Gasteiger partial charge < -0.3 is 10.1 Å². The van der Waals surface area contributed by atoms with Crippen molar-refractivity contribution in [1.29, 1.82) is 0 Å². The summed E-state index contributed by atoms with van der Waals surface area (Å²) in [4.78, 5) is 12.3. The number of nitrogens with one attached hydrogen (secondary N) is 2. The molecule has 0 saturated heterocycles. The Morgan fingerprint density at radius 1 is 1.29 bits per heavy atom. The van der Waals surface area contributed by atoms with E-state index < -0.39 is 5.60 Å². The van der Waals surface area contributed by atoms with Crippen molar-refractivity contribution in [2.45, 2.75) is 33.3 Å². The molecule has 21 heavy (non-hydrogen) atoms. The molecule has 2 rings (SSSR count). The number of hydrogen-bond donors (Lipinski definition) is 2. The molecule has 2 N–H and O–H groups in total. The van der Waals surface area contributed by atoms with E-state index in [0.717, 1.165) is 11.3 Å². The maximum absolute atomic E-state index is 12.9. The lowest BCUT2D eigenvalue weighted by molar-refractivity contribution is -0.128. The lowest BCUT2D eigenvalue weighted by atomic mass is 10.1. The average molecular weight is 291 g/mol. The van der Waals surface area contributed by atoms with Crippen molar-refractivity contribution in [1.82, 2.24) is 10.2 Å². The van der Waals surface area contributed by atoms with Crippen molar-refractivity contribution < 1.29 is 13.9 Å². The second-order valence-corrected chi connectivity index (χ2v) is 5.34. The molecule has 0 radical (unpaired) electrons. The predicted octanol–water partition coefficient (Wildman–Crippen LogP) is 2.96. The number of ether oxygens (including phenoxy) is 1. The van der Waals surface area contributed by atoms with E-state index >= 15 is 0 Å². The van der Waals surface area contributed by atoms with E-state index in [9.17, 15) is 9.18 Å². The molecule has 5 nitrogen and oxygen atoms in total. The molecule has 0 fully saturated rings. The smallest absolute Gasteiger partial charge is 0.269 e. The molecule has 0 saturated carbocycles. The van der Waals surface area contributed by atoms with E-state index in [4.69, 9.17) is 4.74 Å². The second-order valence-electron chi connectivity index (χ2n) is 5.34. The second kappa shape index (κ2) is 5.55. The highest BCUT2D eigenvalue weighted by Gasteiger charge is 2.31. The van der Waals surface area contributed by atoms with Gasteiger partial charge in [-0.05, 0) is 52.0 Å². The number of rotatable bonds is 4. The molecule has 0 unspecified atom stereocenters. The first-order valence-electron chi connectivity index (χ1n) is 6.57. The Hall–Kier alpha value is -2.37. The summed E-state index contributed by atoms with van der Waals surface area (Å²) in [6.07, 6.45) is 0. The zero-order chi connectivity index (χ0) is 15.6. The van der Waals surface area contributed by atoms with Crippen molar-refractivity contribution in [2.24, 2.45) is 0 Å². The number of amides is 1. The fraction of sp³-hybridized carbons (Fsp3) is 0.333. The average Bonchev–Trinajstić information content (AvgIpc) is 2.73. The molecule has 0 bridgehead atoms. The van der Waals surface area contributed by atoms with Gasteiger partial charge in [-0.3, -0.25) is 9.89 Å². The Bertz CT molecular complexity index is 647. The summed E-state index contributed by atoms with van der Waals surface area (Å²) in [6, 6.07) is 5.53. The number of nitrogens with zero attached hydrogens (tertiary/aromatic N) is 1. The van der Waals surface area contributed by atoms with E-state index in [0.29, 0.717) is 11.6 Å². The van der Waals surface area contributed by atoms with Crippen LogP contribution in [-0.4, -0.2) is 21.7 Å². The molecular weight excluding hydrogens is 273 g/mol. The van der Waals surface area contributed by atoms with E-state index in [1.165, 1.54) is 24.3 Å². The van der Waals surface area contributed by atoms with Gasteiger partial charge in [0.25, 0.3) is 5.91 Å². The molecule has 0 spiro atoms. The maximum atomic E-state index is 12.9. The minimum atomic E-state index is -1.11. The fourth-order valence-corrected chi connectivity index (χ4v) is 1.71. The number of aryl methyl sites for hydroxylation is 1. The van der Waals surface area contributed by atoms with Crippen LogP contribution < -0.4 is 10.1 Å². The molecule has 1 amide bonds. The molecule has 0 aliphatic heterocycles. The van der Waals surface area contributed by atoms with E-state index in [-0.39, 0.29) is 11.7 Å². The predicted molar refractivity (Wildman–Crippen MR) is 77.8 cm³/mol. The lowest BCUT2D eigenvalue weighted by Crippen LogP contribution is -2.42. The molecule has 0 aliphatic rings. The van der Waals surface area contributed by atoms with Crippen LogP contribution in [0.1, 0.15) is 25.1 Å². The van der Waals surface area contributed by atoms with Crippen LogP contribution in [-0.2, 0) is 4.79 Å². The molecule has 2 aromatic rings. The Morgan fingerprint density at radius 2 is 1.90 bits per heavy atom. The van der Waals surface area contributed by atoms with Gasteiger partial charge in [0.05, 0.1) is 0 Å². The third-order valence-corrected chi connectivity index (χ3v) is 3.22. The standard InChI is InChI=1S/C15H18FN3O2/c1-9-10(2)18-19-13(9)17-14(20)15(3,4)21-12-7-5-11(16)6-8-12/h5-8H,1-4H3,(H2,17,18,19,20). The van der Waals surface area contributed by atoms with E-state index in [1.807, 2.05) is 13.8 Å². The minimum absolute atomic E-state index is 0.332. The van der Waals surface area contributed by atoms with Crippen LogP contribution in [0.4, 0.5) is 10.2 Å². The molecule has 0 atom stereocenters. The number of carbonyl (C=O) groups is 1. The normalized spacial score (nSPS) is 11.3. The summed E-state index contributed by atoms with van der Waals surface area (Å²) >= 11 is 0. The SMILES string of the molecule is Cc1[nH]nc(NC(=O)C(C)(C)Oc2ccc(F)cc2)c1C. The Labute approximate surface area is 122 Å². The van der Waals surface area contributed by atoms with Crippen molar-refractivity contribution in [2.75, 3.05) is 5.32 Å². The zero-order valence-electron chi connectivity index (χ0n) is 12.5. The third kappa shape index (κ3) is 3.39. The van der Waals surface area contributed by atoms with Gasteiger partial charge in [0.1, 0.15) is 11.6 Å². The minimum Gasteiger partial charge on any atom is -0.478 e. The van der Waals surface area contributed by atoms with Crippen LogP contribution in [0.3, 0.4) is 0 Å². The third-order valence-electron chi connectivity index (χ3n) is 3.22. The first kappa shape index (κ1) is 15.0. The summed E-state index contributed by atoms with van der Waals surface area (Å²) in [7, 11) is 0. The van der Waals surface area contributed by atoms with Gasteiger partial charge >= 0.3 is 0 Å². The molecule has 0 aliphatic carbocycles. The van der Waals surface area contributed by atoms with Gasteiger partial charge in [0.2, 0.25) is 0 Å². The van der Waals surface area contributed by atoms with Gasteiger partial charge in [-0.15, -0.1) is 0 Å². The zero-order valence-corrected chi connectivity index (χ0v) is 12.5. The summed E-state index contributed by atoms with van der Waals surface area (Å²) in [5, 5.41) is 9.55. The van der Waals surface area contributed by atoms with Crippen LogP contribution in [0.5, 0.6) is 5.75 Å². The van der Waals surface area contributed by atoms with Crippen LogP contribution in [0.15, 0.2) is 24.3 Å². The highest BCUT2D eigenvalue weighted by Crippen LogP contribution is 2.21. The summed E-state index contributed by atoms with van der Waals surface area (Å²) in [5.41, 5.74) is 0.653. The van der Waals surface area contributed by atoms with Crippen LogP contribution in [0.2, 0.25) is 0 Å². The largest absolute Gasteiger partial charge is 0.478 e. The highest BCUT2D eigenvalue weighted by molar-refractivity contribution is 5.96. The summed E-state index contributed by atoms with van der Waals surface area (Å²) in [5.74, 6) is 0.216. The Kier molecular flexibility index (Phi) is 3.97. The van der Waals surface area contributed by atoms with E-state index in [2.05, 4.69) is 15.5 Å². The number of aromatic amines is 1. The number of H-pyrrole nitrogens is 1. The number of aromatic nitrogens is 2. The van der Waals surface area contributed by atoms with Crippen molar-refractivity contribution >= 4 is 11.7 Å². The summed E-state index contributed by atoms with van der Waals surface area (Å²) in [6.45, 7) is 7.02. The van der Waals surface area contributed by atoms with Crippen molar-refractivity contribution in [3.63, 3.8) is 0 Å². The van der Waals surface area contributed by atoms with Gasteiger partial charge in [-0.1, -0.05) is 0 Å². The number of carbonyl (C=O) groups excluding carboxylic acids is 1. The molecule has 6 heteroatoms. The monoisotopic (exact) mass is 291 g/mol. The first-order chi connectivity index (χ1) is 9.79. The lowest BCUT2D eigenvalue weighted by Gasteiger charge is -2.25. The van der Waals surface area contributed by atoms with Crippen LogP contribution >= 0.6 is 0 Å². The molecule has 1 aromatic heterocycles. The topological polar surface area (TPSA) is 67.0 Å². The Morgan fingerprint density at radius 3 is 2.43 bits per heavy atom. The van der Waals surface area contributed by atoms with Crippen LogP contribution in [0.25, 0.3) is 0 Å². The van der Waals surface area contributed by atoms with Crippen molar-refractivity contribution in [3.8, 4) is 5.75 Å². The molecule has 1 aromatic carbocycles. The van der Waals surface area contributed by atoms with E-state index in [1.54, 1.807) is 13.8 Å². The first-order valence-corrected chi connectivity index (χ1v) is 6.57. The van der Waals surface area contributed by atoms with Crippen molar-refractivity contribution in [3.05, 3.63) is 41.3 Å². The van der Waals surface area contributed by atoms with Gasteiger partial charge in [0.15, 0.2) is 11.4 Å². The van der Waals surface area contributed by atoms with Gasteiger partial charge in [0, 0.05) is 11.3 Å². The summed E-state index contributed by atoms with van der Waals surface area (Å²) < 4.78 is 18.5. The number of halogens is 1. The molecule has 112 valence electrons. The van der Waals surface area contributed by atoms with Crippen LogP contribution in [0, 0.1) is 19.7 Å². The molecular formula is C15H18FN3O2. The van der Waals surface area contributed by atoms with Gasteiger partial charge in [-0.25, -0.2) is 4.39 Å². The number of benzene rings is 1. The highest BCUT2D eigenvalue weighted by atomic mass is 19.1.